The highest BCUT2D eigenvalue weighted by atomic mass is 19.1. The molecule has 0 spiro atoms. The van der Waals surface area contributed by atoms with Crippen molar-refractivity contribution in [1.82, 2.24) is 24.8 Å². The lowest BCUT2D eigenvalue weighted by Gasteiger charge is -2.11. The molecule has 0 saturated carbocycles. The highest BCUT2D eigenvalue weighted by Crippen LogP contribution is 2.25. The number of nitrogens with zero attached hydrogens (tertiary/aromatic N) is 5. The van der Waals surface area contributed by atoms with Gasteiger partial charge in [0.1, 0.15) is 11.6 Å². The summed E-state index contributed by atoms with van der Waals surface area (Å²) in [5.74, 6) is 0.341. The van der Waals surface area contributed by atoms with Gasteiger partial charge in [-0.2, -0.15) is 4.68 Å². The second-order valence-electron chi connectivity index (χ2n) is 7.07. The van der Waals surface area contributed by atoms with Crippen molar-refractivity contribution in [1.29, 1.82) is 0 Å². The van der Waals surface area contributed by atoms with Gasteiger partial charge in [0.15, 0.2) is 5.82 Å². The van der Waals surface area contributed by atoms with E-state index in [2.05, 4.69) is 20.8 Å². The normalized spacial score (nSPS) is 10.9. The van der Waals surface area contributed by atoms with Crippen LogP contribution in [0.1, 0.15) is 27.6 Å². The van der Waals surface area contributed by atoms with Crippen LogP contribution < -0.4 is 10.1 Å². The molecule has 2 aromatic heterocycles. The maximum atomic E-state index is 14.4. The molecule has 2 heterocycles. The number of ether oxygens (including phenoxy) is 1. The van der Waals surface area contributed by atoms with E-state index in [9.17, 15) is 9.18 Å². The molecular formula is C22H21FN6O2. The maximum absolute atomic E-state index is 14.4. The van der Waals surface area contributed by atoms with Crippen molar-refractivity contribution in [3.8, 4) is 17.1 Å². The van der Waals surface area contributed by atoms with Crippen LogP contribution in [0, 0.1) is 26.6 Å². The number of tetrazole rings is 1. The van der Waals surface area contributed by atoms with E-state index < -0.39 is 11.7 Å². The summed E-state index contributed by atoms with van der Waals surface area (Å²) in [5, 5.41) is 14.0. The number of amides is 1. The summed E-state index contributed by atoms with van der Waals surface area (Å²) < 4.78 is 23.1. The van der Waals surface area contributed by atoms with Gasteiger partial charge in [-0.15, -0.1) is 5.10 Å². The molecule has 0 saturated heterocycles. The van der Waals surface area contributed by atoms with Gasteiger partial charge in [0, 0.05) is 17.1 Å². The molecule has 2 aromatic carbocycles. The SMILES string of the molecule is COc1ccc(-n2c(C)cc(C(=O)Nc3cc(-n4nnnc4C)ccc3F)c2C)cc1. The zero-order valence-electron chi connectivity index (χ0n) is 17.5. The van der Waals surface area contributed by atoms with Gasteiger partial charge in [-0.05, 0) is 79.7 Å². The molecule has 0 aliphatic carbocycles. The number of carbonyl (C=O) groups excluding carboxylic acids is 1. The second-order valence-corrected chi connectivity index (χ2v) is 7.07. The molecule has 0 atom stereocenters. The Balaban J connectivity index is 1.64. The number of aryl methyl sites for hydroxylation is 2. The molecular weight excluding hydrogens is 399 g/mol. The topological polar surface area (TPSA) is 86.9 Å². The van der Waals surface area contributed by atoms with Crippen LogP contribution in [0.4, 0.5) is 10.1 Å². The number of hydrogen-bond acceptors (Lipinski definition) is 5. The zero-order chi connectivity index (χ0) is 22.1. The maximum Gasteiger partial charge on any atom is 0.257 e. The van der Waals surface area contributed by atoms with E-state index in [4.69, 9.17) is 4.74 Å². The predicted octanol–water partition coefficient (Wildman–Crippen LogP) is 3.78. The molecule has 9 heteroatoms. The van der Waals surface area contributed by atoms with E-state index in [0.29, 0.717) is 17.1 Å². The first-order valence-corrected chi connectivity index (χ1v) is 9.58. The van der Waals surface area contributed by atoms with E-state index in [1.807, 2.05) is 42.7 Å². The van der Waals surface area contributed by atoms with Crippen LogP contribution in [-0.2, 0) is 0 Å². The summed E-state index contributed by atoms with van der Waals surface area (Å²) in [6.07, 6.45) is 0. The average Bonchev–Trinajstić information content (AvgIpc) is 3.32. The van der Waals surface area contributed by atoms with Gasteiger partial charge in [0.2, 0.25) is 0 Å². The largest absolute Gasteiger partial charge is 0.497 e. The standard InChI is InChI=1S/C22H21FN6O2/c1-13-11-19(14(2)28(13)16-5-8-18(31-4)9-6-16)22(30)24-21-12-17(7-10-20(21)23)29-15(3)25-26-27-29/h5-12H,1-4H3,(H,24,30). The van der Waals surface area contributed by atoms with Gasteiger partial charge in [0.05, 0.1) is 24.0 Å². The molecule has 0 fully saturated rings. The lowest BCUT2D eigenvalue weighted by Crippen LogP contribution is -2.14. The third-order valence-electron chi connectivity index (χ3n) is 5.07. The van der Waals surface area contributed by atoms with Crippen LogP contribution >= 0.6 is 0 Å². The molecule has 0 bridgehead atoms. The molecule has 8 nitrogen and oxygen atoms in total. The lowest BCUT2D eigenvalue weighted by atomic mass is 10.2. The number of methoxy groups -OCH3 is 1. The summed E-state index contributed by atoms with van der Waals surface area (Å²) in [5.41, 5.74) is 3.57. The highest BCUT2D eigenvalue weighted by Gasteiger charge is 2.19. The molecule has 0 unspecified atom stereocenters. The molecule has 4 rings (SSSR count). The minimum Gasteiger partial charge on any atom is -0.497 e. The van der Waals surface area contributed by atoms with E-state index in [1.54, 1.807) is 26.2 Å². The molecule has 1 amide bonds. The molecule has 4 aromatic rings. The number of nitrogens with one attached hydrogen (secondary N) is 1. The predicted molar refractivity (Wildman–Crippen MR) is 114 cm³/mol. The fourth-order valence-corrected chi connectivity index (χ4v) is 3.52. The third-order valence-corrected chi connectivity index (χ3v) is 5.07. The number of halogens is 1. The Hall–Kier alpha value is -4.01. The minimum absolute atomic E-state index is 0.0478. The van der Waals surface area contributed by atoms with Gasteiger partial charge in [0.25, 0.3) is 5.91 Å². The summed E-state index contributed by atoms with van der Waals surface area (Å²) in [6, 6.07) is 13.6. The van der Waals surface area contributed by atoms with Crippen LogP contribution in [0.2, 0.25) is 0 Å². The Morgan fingerprint density at radius 3 is 2.39 bits per heavy atom. The Kier molecular flexibility index (Phi) is 5.24. The Labute approximate surface area is 178 Å². The molecule has 0 aliphatic rings. The first kappa shape index (κ1) is 20.3. The van der Waals surface area contributed by atoms with E-state index in [0.717, 1.165) is 22.8 Å². The lowest BCUT2D eigenvalue weighted by molar-refractivity contribution is 0.102. The fourth-order valence-electron chi connectivity index (χ4n) is 3.52. The number of benzene rings is 2. The van der Waals surface area contributed by atoms with Crippen LogP contribution in [0.5, 0.6) is 5.75 Å². The summed E-state index contributed by atoms with van der Waals surface area (Å²) in [6.45, 7) is 5.49. The molecule has 1 N–H and O–H groups in total. The molecule has 0 aliphatic heterocycles. The number of anilines is 1. The van der Waals surface area contributed by atoms with Crippen LogP contribution in [-0.4, -0.2) is 37.8 Å². The van der Waals surface area contributed by atoms with Crippen molar-refractivity contribution in [2.24, 2.45) is 0 Å². The van der Waals surface area contributed by atoms with Gasteiger partial charge in [-0.3, -0.25) is 4.79 Å². The number of aromatic nitrogens is 5. The van der Waals surface area contributed by atoms with Crippen molar-refractivity contribution >= 4 is 11.6 Å². The molecule has 158 valence electrons. The zero-order valence-corrected chi connectivity index (χ0v) is 17.5. The highest BCUT2D eigenvalue weighted by molar-refractivity contribution is 6.05. The molecule has 31 heavy (non-hydrogen) atoms. The number of carbonyl (C=O) groups is 1. The number of hydrogen-bond donors (Lipinski definition) is 1. The van der Waals surface area contributed by atoms with Crippen molar-refractivity contribution < 1.29 is 13.9 Å². The summed E-state index contributed by atoms with van der Waals surface area (Å²) in [7, 11) is 1.61. The molecule has 0 radical (unpaired) electrons. The van der Waals surface area contributed by atoms with Gasteiger partial charge >= 0.3 is 0 Å². The summed E-state index contributed by atoms with van der Waals surface area (Å²) in [4.78, 5) is 13.0. The monoisotopic (exact) mass is 420 g/mol. The first-order valence-electron chi connectivity index (χ1n) is 9.58. The van der Waals surface area contributed by atoms with Crippen LogP contribution in [0.15, 0.2) is 48.5 Å². The van der Waals surface area contributed by atoms with Crippen LogP contribution in [0.3, 0.4) is 0 Å². The smallest absolute Gasteiger partial charge is 0.257 e. The third kappa shape index (κ3) is 3.77. The van der Waals surface area contributed by atoms with E-state index >= 15 is 0 Å². The van der Waals surface area contributed by atoms with Crippen molar-refractivity contribution in [2.75, 3.05) is 12.4 Å². The Morgan fingerprint density at radius 2 is 1.74 bits per heavy atom. The van der Waals surface area contributed by atoms with Crippen molar-refractivity contribution in [2.45, 2.75) is 20.8 Å². The Bertz CT molecular complexity index is 1260. The first-order chi connectivity index (χ1) is 14.9. The van der Waals surface area contributed by atoms with Gasteiger partial charge in [-0.25, -0.2) is 4.39 Å². The van der Waals surface area contributed by atoms with E-state index in [-0.39, 0.29) is 5.69 Å². The van der Waals surface area contributed by atoms with Gasteiger partial charge in [-0.1, -0.05) is 0 Å². The second kappa shape index (κ2) is 8.02. The minimum atomic E-state index is -0.549. The fraction of sp³-hybridized carbons (Fsp3) is 0.182. The number of rotatable bonds is 5. The summed E-state index contributed by atoms with van der Waals surface area (Å²) >= 11 is 0. The van der Waals surface area contributed by atoms with Crippen LogP contribution in [0.25, 0.3) is 11.4 Å². The van der Waals surface area contributed by atoms with Crippen molar-refractivity contribution in [3.05, 3.63) is 77.1 Å². The quantitative estimate of drug-likeness (QED) is 0.531. The van der Waals surface area contributed by atoms with E-state index in [1.165, 1.54) is 16.8 Å². The Morgan fingerprint density at radius 1 is 1.03 bits per heavy atom. The average molecular weight is 420 g/mol. The van der Waals surface area contributed by atoms with Crippen molar-refractivity contribution in [3.63, 3.8) is 0 Å². The van der Waals surface area contributed by atoms with Gasteiger partial charge < -0.3 is 14.6 Å².